The predicted molar refractivity (Wildman–Crippen MR) is 56.0 cm³/mol. The second-order valence-electron chi connectivity index (χ2n) is 3.16. The number of hydroxylamine groups is 1. The summed E-state index contributed by atoms with van der Waals surface area (Å²) in [6.07, 6.45) is 2.90. The van der Waals surface area contributed by atoms with Gasteiger partial charge in [-0.15, -0.1) is 0 Å². The van der Waals surface area contributed by atoms with Crippen LogP contribution < -0.4 is 5.48 Å². The van der Waals surface area contributed by atoms with E-state index in [4.69, 9.17) is 15.1 Å². The van der Waals surface area contributed by atoms with Gasteiger partial charge in [-0.25, -0.2) is 10.3 Å². The Morgan fingerprint density at radius 1 is 1.25 bits per heavy atom. The molecule has 5 heteroatoms. The van der Waals surface area contributed by atoms with E-state index in [0.29, 0.717) is 11.1 Å². The monoisotopic (exact) mass is 219 g/mol. The smallest absolute Gasteiger partial charge is 0.355 e. The van der Waals surface area contributed by atoms with Gasteiger partial charge >= 0.3 is 5.97 Å². The van der Waals surface area contributed by atoms with E-state index in [2.05, 4.69) is 5.48 Å². The van der Waals surface area contributed by atoms with E-state index in [1.165, 1.54) is 18.4 Å². The molecule has 0 saturated carbocycles. The fraction of sp³-hybridized carbons (Fsp3) is 0. The summed E-state index contributed by atoms with van der Waals surface area (Å²) in [6, 6.07) is 6.24. The molecule has 0 aromatic heterocycles. The Morgan fingerprint density at radius 3 is 2.56 bits per heavy atom. The summed E-state index contributed by atoms with van der Waals surface area (Å²) >= 11 is 0. The highest BCUT2D eigenvalue weighted by molar-refractivity contribution is 5.98. The lowest BCUT2D eigenvalue weighted by atomic mass is 10.0. The van der Waals surface area contributed by atoms with Crippen molar-refractivity contribution in [3.05, 3.63) is 47.9 Å². The van der Waals surface area contributed by atoms with Crippen LogP contribution in [0.5, 0.6) is 5.75 Å². The summed E-state index contributed by atoms with van der Waals surface area (Å²) in [5.41, 5.74) is 3.46. The number of aliphatic carboxylic acids is 1. The van der Waals surface area contributed by atoms with Gasteiger partial charge in [0.25, 0.3) is 0 Å². The van der Waals surface area contributed by atoms with Gasteiger partial charge in [-0.3, -0.25) is 0 Å². The summed E-state index contributed by atoms with van der Waals surface area (Å²) < 4.78 is 0. The lowest BCUT2D eigenvalue weighted by Gasteiger charge is -2.14. The molecule has 16 heavy (non-hydrogen) atoms. The van der Waals surface area contributed by atoms with Crippen LogP contribution in [0.1, 0.15) is 5.56 Å². The minimum Gasteiger partial charge on any atom is -0.508 e. The van der Waals surface area contributed by atoms with Gasteiger partial charge in [0.15, 0.2) is 5.70 Å². The Hall–Kier alpha value is -2.43. The molecular weight excluding hydrogens is 210 g/mol. The summed E-state index contributed by atoms with van der Waals surface area (Å²) in [5, 5.41) is 18.1. The maximum absolute atomic E-state index is 10.9. The zero-order chi connectivity index (χ0) is 11.5. The minimum absolute atomic E-state index is 0.0341. The minimum atomic E-state index is -1.10. The van der Waals surface area contributed by atoms with Crippen molar-refractivity contribution in [3.63, 3.8) is 0 Å². The molecule has 0 amide bonds. The van der Waals surface area contributed by atoms with Crippen LogP contribution in [0, 0.1) is 0 Å². The first-order valence-corrected chi connectivity index (χ1v) is 4.53. The number of phenols is 1. The third kappa shape index (κ3) is 1.83. The summed E-state index contributed by atoms with van der Waals surface area (Å²) in [6.45, 7) is 0. The number of nitrogens with one attached hydrogen (secondary N) is 1. The first-order chi connectivity index (χ1) is 7.68. The molecule has 0 aliphatic carbocycles. The van der Waals surface area contributed by atoms with Gasteiger partial charge in [0.05, 0.1) is 0 Å². The van der Waals surface area contributed by atoms with Gasteiger partial charge in [-0.1, -0.05) is 12.1 Å². The van der Waals surface area contributed by atoms with Crippen LogP contribution in [0.3, 0.4) is 0 Å². The van der Waals surface area contributed by atoms with Crippen molar-refractivity contribution in [1.29, 1.82) is 0 Å². The standard InChI is InChI=1S/C11H9NO4/c13-8-3-1-7(2-4-8)9-5-6-16-12-10(9)11(14)15/h1-6,12-13H,(H,14,15). The predicted octanol–water partition coefficient (Wildman–Crippen LogP) is 1.24. The molecule has 82 valence electrons. The number of aromatic hydroxyl groups is 1. The lowest BCUT2D eigenvalue weighted by Crippen LogP contribution is -2.22. The number of carbonyl (C=O) groups is 1. The topological polar surface area (TPSA) is 78.8 Å². The number of hydrogen-bond acceptors (Lipinski definition) is 4. The zero-order valence-electron chi connectivity index (χ0n) is 8.18. The molecule has 5 nitrogen and oxygen atoms in total. The van der Waals surface area contributed by atoms with Crippen LogP contribution in [-0.2, 0) is 9.63 Å². The average Bonchev–Trinajstić information content (AvgIpc) is 2.30. The van der Waals surface area contributed by atoms with Gasteiger partial charge in [-0.05, 0) is 23.8 Å². The molecule has 1 aromatic carbocycles. The quantitative estimate of drug-likeness (QED) is 0.697. The van der Waals surface area contributed by atoms with Crippen LogP contribution in [0.4, 0.5) is 0 Å². The van der Waals surface area contributed by atoms with E-state index in [0.717, 1.165) is 0 Å². The molecule has 0 spiro atoms. The molecule has 1 aromatic rings. The maximum atomic E-state index is 10.9. The Kier molecular flexibility index (Phi) is 2.51. The van der Waals surface area contributed by atoms with Crippen molar-refractivity contribution >= 4 is 11.5 Å². The molecular formula is C11H9NO4. The molecule has 0 atom stereocenters. The third-order valence-corrected chi connectivity index (χ3v) is 2.13. The first-order valence-electron chi connectivity index (χ1n) is 4.53. The van der Waals surface area contributed by atoms with Crippen molar-refractivity contribution in [2.45, 2.75) is 0 Å². The van der Waals surface area contributed by atoms with E-state index in [9.17, 15) is 4.79 Å². The van der Waals surface area contributed by atoms with Crippen molar-refractivity contribution in [2.24, 2.45) is 0 Å². The first kappa shape index (κ1) is 10.1. The molecule has 0 bridgehead atoms. The van der Waals surface area contributed by atoms with E-state index in [1.807, 2.05) is 0 Å². The fourth-order valence-electron chi connectivity index (χ4n) is 1.37. The molecule has 1 heterocycles. The zero-order valence-corrected chi connectivity index (χ0v) is 8.18. The molecule has 1 aliphatic rings. The summed E-state index contributed by atoms with van der Waals surface area (Å²) in [7, 11) is 0. The van der Waals surface area contributed by atoms with Crippen LogP contribution in [-0.4, -0.2) is 16.2 Å². The van der Waals surface area contributed by atoms with Crippen molar-refractivity contribution in [1.82, 2.24) is 5.48 Å². The Balaban J connectivity index is 2.48. The SMILES string of the molecule is O=C(O)C1=C(c2ccc(O)cc2)C=CON1. The van der Waals surface area contributed by atoms with E-state index < -0.39 is 5.97 Å². The second-order valence-corrected chi connectivity index (χ2v) is 3.16. The van der Waals surface area contributed by atoms with E-state index in [-0.39, 0.29) is 11.4 Å². The number of allylic oxidation sites excluding steroid dienone is 2. The summed E-state index contributed by atoms with van der Waals surface area (Å²) in [4.78, 5) is 15.6. The second kappa shape index (κ2) is 3.98. The van der Waals surface area contributed by atoms with Gasteiger partial charge in [0.2, 0.25) is 0 Å². The maximum Gasteiger partial charge on any atom is 0.355 e. The average molecular weight is 219 g/mol. The Labute approximate surface area is 91.2 Å². The highest BCUT2D eigenvalue weighted by Crippen LogP contribution is 2.23. The third-order valence-electron chi connectivity index (χ3n) is 2.13. The molecule has 0 fully saturated rings. The normalized spacial score (nSPS) is 14.2. The fourth-order valence-corrected chi connectivity index (χ4v) is 1.37. The highest BCUT2D eigenvalue weighted by atomic mass is 16.6. The number of carboxylic acids is 1. The van der Waals surface area contributed by atoms with E-state index in [1.54, 1.807) is 18.2 Å². The Morgan fingerprint density at radius 2 is 1.94 bits per heavy atom. The number of hydrogen-bond donors (Lipinski definition) is 3. The van der Waals surface area contributed by atoms with Crippen LogP contribution in [0.25, 0.3) is 5.57 Å². The van der Waals surface area contributed by atoms with Gasteiger partial charge in [-0.2, -0.15) is 0 Å². The molecule has 0 saturated heterocycles. The highest BCUT2D eigenvalue weighted by Gasteiger charge is 2.17. The largest absolute Gasteiger partial charge is 0.508 e. The molecule has 0 unspecified atom stereocenters. The number of benzene rings is 1. The van der Waals surface area contributed by atoms with Crippen LogP contribution >= 0.6 is 0 Å². The van der Waals surface area contributed by atoms with Gasteiger partial charge in [0, 0.05) is 5.57 Å². The van der Waals surface area contributed by atoms with Crippen molar-refractivity contribution in [2.75, 3.05) is 0 Å². The number of rotatable bonds is 2. The number of carboxylic acid groups (broad SMARTS) is 1. The molecule has 2 rings (SSSR count). The van der Waals surface area contributed by atoms with Crippen molar-refractivity contribution < 1.29 is 19.8 Å². The van der Waals surface area contributed by atoms with Crippen LogP contribution in [0.15, 0.2) is 42.3 Å². The summed E-state index contributed by atoms with van der Waals surface area (Å²) in [5.74, 6) is -0.974. The Bertz CT molecular complexity index is 473. The van der Waals surface area contributed by atoms with E-state index >= 15 is 0 Å². The van der Waals surface area contributed by atoms with Crippen molar-refractivity contribution in [3.8, 4) is 5.75 Å². The molecule has 0 radical (unpaired) electrons. The molecule has 1 aliphatic heterocycles. The molecule has 3 N–H and O–H groups in total. The lowest BCUT2D eigenvalue weighted by molar-refractivity contribution is -0.134. The van der Waals surface area contributed by atoms with Gasteiger partial charge < -0.3 is 15.1 Å². The van der Waals surface area contributed by atoms with Crippen LogP contribution in [0.2, 0.25) is 0 Å². The number of phenolic OH excluding ortho intramolecular Hbond substituents is 1. The van der Waals surface area contributed by atoms with Gasteiger partial charge in [0.1, 0.15) is 12.0 Å².